The number of alkyl halides is 2. The van der Waals surface area contributed by atoms with Crippen LogP contribution in [-0.2, 0) is 19.0 Å². The van der Waals surface area contributed by atoms with Crippen LogP contribution in [0.1, 0.15) is 72.6 Å². The van der Waals surface area contributed by atoms with E-state index in [1.807, 2.05) is 6.92 Å². The Morgan fingerprint density at radius 3 is 2.22 bits per heavy atom. The number of carbonyl (C=O) groups is 1. The predicted octanol–water partition coefficient (Wildman–Crippen LogP) is 4.13. The molecule has 5 nitrogen and oxygen atoms in total. The van der Waals surface area contributed by atoms with Gasteiger partial charge in [-0.15, -0.1) is 0 Å². The molecule has 0 aromatic heterocycles. The van der Waals surface area contributed by atoms with Crippen LogP contribution in [0, 0.1) is 0 Å². The van der Waals surface area contributed by atoms with E-state index in [9.17, 15) is 18.7 Å². The fraction of sp³-hybridized carbons (Fsp3) is 0.850. The van der Waals surface area contributed by atoms with Crippen LogP contribution in [-0.4, -0.2) is 46.7 Å². The summed E-state index contributed by atoms with van der Waals surface area (Å²) in [6.07, 6.45) is 4.27. The first-order valence-corrected chi connectivity index (χ1v) is 9.69. The highest BCUT2D eigenvalue weighted by atomic mass is 19.3. The van der Waals surface area contributed by atoms with Crippen molar-refractivity contribution in [1.82, 2.24) is 0 Å². The van der Waals surface area contributed by atoms with Crippen LogP contribution in [0.4, 0.5) is 8.78 Å². The standard InChI is InChI=1S/C20H32F2O5/c1-6-19(27-17(4)13-25-18(5,24)20(17,21)22)11-7-9-15(10-8-12-19)26-16(23)14(2)3/h15,24H,2,6-13H2,1,3-5H3. The lowest BCUT2D eigenvalue weighted by Gasteiger charge is -2.44. The van der Waals surface area contributed by atoms with Gasteiger partial charge in [0.2, 0.25) is 5.79 Å². The summed E-state index contributed by atoms with van der Waals surface area (Å²) in [5.74, 6) is -6.46. The molecule has 0 aromatic carbocycles. The molecule has 2 aliphatic rings. The lowest BCUT2D eigenvalue weighted by Crippen LogP contribution is -2.58. The Kier molecular flexibility index (Phi) is 6.39. The van der Waals surface area contributed by atoms with E-state index in [1.54, 1.807) is 6.92 Å². The van der Waals surface area contributed by atoms with E-state index in [4.69, 9.17) is 14.2 Å². The van der Waals surface area contributed by atoms with Gasteiger partial charge in [0.15, 0.2) is 5.60 Å². The summed E-state index contributed by atoms with van der Waals surface area (Å²) in [5.41, 5.74) is -2.24. The molecule has 1 aliphatic heterocycles. The summed E-state index contributed by atoms with van der Waals surface area (Å²) >= 11 is 0. The zero-order chi connectivity index (χ0) is 20.5. The summed E-state index contributed by atoms with van der Waals surface area (Å²) in [5, 5.41) is 9.90. The number of halogens is 2. The first-order chi connectivity index (χ1) is 12.4. The molecule has 7 heteroatoms. The number of carbonyl (C=O) groups excluding carboxylic acids is 1. The van der Waals surface area contributed by atoms with E-state index in [0.717, 1.165) is 6.92 Å². The molecule has 1 saturated heterocycles. The van der Waals surface area contributed by atoms with Gasteiger partial charge in [-0.3, -0.25) is 0 Å². The summed E-state index contributed by atoms with van der Waals surface area (Å²) in [7, 11) is 0. The summed E-state index contributed by atoms with van der Waals surface area (Å²) < 4.78 is 45.9. The van der Waals surface area contributed by atoms with Crippen molar-refractivity contribution in [2.75, 3.05) is 6.61 Å². The zero-order valence-electron chi connectivity index (χ0n) is 16.8. The van der Waals surface area contributed by atoms with Gasteiger partial charge in [-0.25, -0.2) is 4.79 Å². The van der Waals surface area contributed by atoms with Crippen LogP contribution in [0.25, 0.3) is 0 Å². The van der Waals surface area contributed by atoms with Crippen LogP contribution in [0.5, 0.6) is 0 Å². The highest BCUT2D eigenvalue weighted by molar-refractivity contribution is 5.87. The number of hydrogen-bond donors (Lipinski definition) is 1. The average molecular weight is 390 g/mol. The predicted molar refractivity (Wildman–Crippen MR) is 96.4 cm³/mol. The van der Waals surface area contributed by atoms with Gasteiger partial charge in [-0.2, -0.15) is 8.78 Å². The molecule has 0 aromatic rings. The van der Waals surface area contributed by atoms with Crippen LogP contribution in [0.2, 0.25) is 0 Å². The monoisotopic (exact) mass is 390 g/mol. The van der Waals surface area contributed by atoms with Crippen LogP contribution < -0.4 is 0 Å². The maximum Gasteiger partial charge on any atom is 0.333 e. The molecule has 2 atom stereocenters. The van der Waals surface area contributed by atoms with Crippen molar-refractivity contribution in [2.45, 2.75) is 102 Å². The van der Waals surface area contributed by atoms with E-state index in [-0.39, 0.29) is 12.7 Å². The summed E-state index contributed by atoms with van der Waals surface area (Å²) in [6.45, 7) is 9.04. The first kappa shape index (κ1) is 22.2. The molecule has 0 bridgehead atoms. The van der Waals surface area contributed by atoms with E-state index in [2.05, 4.69) is 6.58 Å². The normalized spacial score (nSPS) is 39.4. The quantitative estimate of drug-likeness (QED) is 0.565. The second kappa shape index (κ2) is 7.76. The topological polar surface area (TPSA) is 65.0 Å². The molecular weight excluding hydrogens is 358 g/mol. The maximum absolute atomic E-state index is 14.7. The third-order valence-electron chi connectivity index (χ3n) is 5.90. The molecule has 2 fully saturated rings. The molecule has 0 radical (unpaired) electrons. The van der Waals surface area contributed by atoms with E-state index < -0.39 is 28.9 Å². The van der Waals surface area contributed by atoms with Crippen molar-refractivity contribution in [3.8, 4) is 0 Å². The average Bonchev–Trinajstić information content (AvgIpc) is 2.71. The van der Waals surface area contributed by atoms with Crippen LogP contribution >= 0.6 is 0 Å². The van der Waals surface area contributed by atoms with Gasteiger partial charge in [0.25, 0.3) is 0 Å². The molecule has 0 spiro atoms. The largest absolute Gasteiger partial charge is 0.459 e. The SMILES string of the molecule is C=C(C)C(=O)OC1CCCC(CC)(OC2(C)COC(C)(O)C2(F)F)CCC1. The Morgan fingerprint density at radius 2 is 1.81 bits per heavy atom. The Bertz CT molecular complexity index is 565. The van der Waals surface area contributed by atoms with Gasteiger partial charge in [0, 0.05) is 5.57 Å². The van der Waals surface area contributed by atoms with Crippen LogP contribution in [0.15, 0.2) is 12.2 Å². The Labute approximate surface area is 160 Å². The molecule has 1 saturated carbocycles. The van der Waals surface area contributed by atoms with E-state index in [0.29, 0.717) is 50.5 Å². The third-order valence-corrected chi connectivity index (χ3v) is 5.90. The summed E-state index contributed by atoms with van der Waals surface area (Å²) in [6, 6.07) is 0. The number of ether oxygens (including phenoxy) is 3. The smallest absolute Gasteiger partial charge is 0.333 e. The van der Waals surface area contributed by atoms with E-state index >= 15 is 0 Å². The molecule has 1 heterocycles. The maximum atomic E-state index is 14.7. The molecule has 2 rings (SSSR count). The highest BCUT2D eigenvalue weighted by Crippen LogP contribution is 2.51. The fourth-order valence-electron chi connectivity index (χ4n) is 3.99. The van der Waals surface area contributed by atoms with Crippen molar-refractivity contribution in [3.63, 3.8) is 0 Å². The molecule has 2 unspecified atom stereocenters. The molecular formula is C20H32F2O5. The number of aliphatic hydroxyl groups is 1. The van der Waals surface area contributed by atoms with Gasteiger partial charge < -0.3 is 19.3 Å². The van der Waals surface area contributed by atoms with Crippen molar-refractivity contribution in [3.05, 3.63) is 12.2 Å². The van der Waals surface area contributed by atoms with Gasteiger partial charge >= 0.3 is 11.9 Å². The Balaban J connectivity index is 2.06. The molecule has 0 amide bonds. The minimum Gasteiger partial charge on any atom is -0.459 e. The van der Waals surface area contributed by atoms with Gasteiger partial charge in [0.05, 0.1) is 12.2 Å². The minimum atomic E-state index is -3.52. The number of esters is 1. The van der Waals surface area contributed by atoms with E-state index in [1.165, 1.54) is 6.92 Å². The second-order valence-corrected chi connectivity index (χ2v) is 8.31. The number of hydrogen-bond acceptors (Lipinski definition) is 5. The zero-order valence-corrected chi connectivity index (χ0v) is 16.8. The Morgan fingerprint density at radius 1 is 1.26 bits per heavy atom. The fourth-order valence-corrected chi connectivity index (χ4v) is 3.99. The third kappa shape index (κ3) is 4.35. The van der Waals surface area contributed by atoms with Crippen LogP contribution in [0.3, 0.4) is 0 Å². The second-order valence-electron chi connectivity index (χ2n) is 8.31. The lowest BCUT2D eigenvalue weighted by atomic mass is 9.82. The van der Waals surface area contributed by atoms with Crippen molar-refractivity contribution in [1.29, 1.82) is 0 Å². The van der Waals surface area contributed by atoms with Gasteiger partial charge in [0.1, 0.15) is 6.10 Å². The molecule has 27 heavy (non-hydrogen) atoms. The van der Waals surface area contributed by atoms with Gasteiger partial charge in [-0.1, -0.05) is 13.5 Å². The van der Waals surface area contributed by atoms with Gasteiger partial charge in [-0.05, 0) is 65.7 Å². The summed E-state index contributed by atoms with van der Waals surface area (Å²) in [4.78, 5) is 11.7. The molecule has 156 valence electrons. The lowest BCUT2D eigenvalue weighted by molar-refractivity contribution is -0.302. The first-order valence-electron chi connectivity index (χ1n) is 9.69. The highest BCUT2D eigenvalue weighted by Gasteiger charge is 2.70. The van der Waals surface area contributed by atoms with Crippen molar-refractivity contribution < 1.29 is 32.9 Å². The van der Waals surface area contributed by atoms with Crippen molar-refractivity contribution in [2.24, 2.45) is 0 Å². The Hall–Kier alpha value is -1.05. The molecule has 1 N–H and O–H groups in total. The minimum absolute atomic E-state index is 0.184. The molecule has 1 aliphatic carbocycles. The number of rotatable bonds is 5. The van der Waals surface area contributed by atoms with Crippen molar-refractivity contribution >= 4 is 5.97 Å².